The Labute approximate surface area is 84.6 Å². The zero-order valence-corrected chi connectivity index (χ0v) is 7.69. The molecule has 1 fully saturated rings. The highest BCUT2D eigenvalue weighted by molar-refractivity contribution is 4.92. The second kappa shape index (κ2) is 3.86. The largest absolute Gasteiger partial charge is 0.394 e. The first kappa shape index (κ1) is 10.5. The minimum Gasteiger partial charge on any atom is -0.394 e. The maximum Gasteiger partial charge on any atom is 0.291 e. The average Bonchev–Trinajstić information content (AvgIpc) is 2.74. The first-order chi connectivity index (χ1) is 7.15. The summed E-state index contributed by atoms with van der Waals surface area (Å²) < 4.78 is 19.1. The molecule has 1 aromatic heterocycles. The number of hydrogen-bond donors (Lipinski definition) is 3. The summed E-state index contributed by atoms with van der Waals surface area (Å²) in [4.78, 5) is 3.33. The predicted molar refractivity (Wildman–Crippen MR) is 45.2 cm³/mol. The van der Waals surface area contributed by atoms with Crippen LogP contribution in [0.3, 0.4) is 0 Å². The van der Waals surface area contributed by atoms with Gasteiger partial charge in [0, 0.05) is 12.4 Å². The topological polar surface area (TPSA) is 87.7 Å². The molecule has 1 unspecified atom stereocenters. The third-order valence-corrected chi connectivity index (χ3v) is 2.41. The van der Waals surface area contributed by atoms with Crippen molar-refractivity contribution in [1.82, 2.24) is 9.55 Å². The molecule has 15 heavy (non-hydrogen) atoms. The van der Waals surface area contributed by atoms with Crippen LogP contribution in [0.15, 0.2) is 12.4 Å². The van der Waals surface area contributed by atoms with Gasteiger partial charge in [-0.15, -0.1) is 0 Å². The second-order valence-electron chi connectivity index (χ2n) is 3.33. The van der Waals surface area contributed by atoms with Crippen molar-refractivity contribution < 1.29 is 24.4 Å². The van der Waals surface area contributed by atoms with Crippen molar-refractivity contribution in [2.45, 2.75) is 24.5 Å². The Bertz CT molecular complexity index is 345. The molecule has 84 valence electrons. The molecule has 0 amide bonds. The first-order valence-electron chi connectivity index (χ1n) is 4.46. The summed E-state index contributed by atoms with van der Waals surface area (Å²) in [5.74, 6) is 0. The number of aliphatic hydroxyl groups excluding tert-OH is 3. The molecule has 4 atom stereocenters. The highest BCUT2D eigenvalue weighted by Gasteiger charge is 2.43. The molecule has 2 heterocycles. The standard InChI is InChI=1S/C8H11FN2O4/c9-8-10-1-2-11(8)7-6(14)5(13)4(3-12)15-7/h1-2,4-7,12-14H,3H2/t4-,5-,6-,7?/m1/s1. The molecule has 0 radical (unpaired) electrons. The fourth-order valence-electron chi connectivity index (χ4n) is 1.59. The molecule has 1 aromatic rings. The zero-order chi connectivity index (χ0) is 11.0. The molecule has 1 aliphatic rings. The average molecular weight is 218 g/mol. The van der Waals surface area contributed by atoms with E-state index < -0.39 is 37.2 Å². The molecule has 0 spiro atoms. The van der Waals surface area contributed by atoms with E-state index in [0.717, 1.165) is 4.57 Å². The molecule has 6 nitrogen and oxygen atoms in total. The Kier molecular flexibility index (Phi) is 2.70. The van der Waals surface area contributed by atoms with Crippen molar-refractivity contribution in [2.24, 2.45) is 0 Å². The Morgan fingerprint density at radius 2 is 2.20 bits per heavy atom. The lowest BCUT2D eigenvalue weighted by molar-refractivity contribution is -0.0576. The van der Waals surface area contributed by atoms with E-state index in [1.165, 1.54) is 12.4 Å². The van der Waals surface area contributed by atoms with Gasteiger partial charge in [-0.2, -0.15) is 4.39 Å². The number of nitrogens with zero attached hydrogens (tertiary/aromatic N) is 2. The second-order valence-corrected chi connectivity index (χ2v) is 3.33. The number of ether oxygens (including phenoxy) is 1. The smallest absolute Gasteiger partial charge is 0.291 e. The summed E-state index contributed by atoms with van der Waals surface area (Å²) in [6, 6.07) is 0. The summed E-state index contributed by atoms with van der Waals surface area (Å²) in [6.07, 6.45) is -2.80. The molecule has 0 aromatic carbocycles. The molecular formula is C8H11FN2O4. The van der Waals surface area contributed by atoms with E-state index in [4.69, 9.17) is 9.84 Å². The lowest BCUT2D eigenvalue weighted by Crippen LogP contribution is -2.33. The fourth-order valence-corrected chi connectivity index (χ4v) is 1.59. The Morgan fingerprint density at radius 3 is 2.67 bits per heavy atom. The zero-order valence-electron chi connectivity index (χ0n) is 7.69. The number of imidazole rings is 1. The van der Waals surface area contributed by atoms with Crippen LogP contribution in [-0.2, 0) is 4.74 Å². The van der Waals surface area contributed by atoms with Crippen LogP contribution in [0.5, 0.6) is 0 Å². The van der Waals surface area contributed by atoms with Gasteiger partial charge in [0.25, 0.3) is 6.08 Å². The van der Waals surface area contributed by atoms with Crippen molar-refractivity contribution in [3.05, 3.63) is 18.5 Å². The summed E-state index contributed by atoms with van der Waals surface area (Å²) in [5, 5.41) is 27.8. The van der Waals surface area contributed by atoms with Gasteiger partial charge in [0.1, 0.15) is 18.3 Å². The summed E-state index contributed by atoms with van der Waals surface area (Å²) in [5.41, 5.74) is 0. The van der Waals surface area contributed by atoms with Crippen molar-refractivity contribution in [3.63, 3.8) is 0 Å². The van der Waals surface area contributed by atoms with E-state index in [-0.39, 0.29) is 0 Å². The minimum atomic E-state index is -1.29. The van der Waals surface area contributed by atoms with Crippen LogP contribution < -0.4 is 0 Å². The third kappa shape index (κ3) is 1.63. The fraction of sp³-hybridized carbons (Fsp3) is 0.625. The molecule has 7 heteroatoms. The number of hydrogen-bond acceptors (Lipinski definition) is 5. The number of halogens is 1. The molecule has 1 saturated heterocycles. The Morgan fingerprint density at radius 1 is 1.47 bits per heavy atom. The third-order valence-electron chi connectivity index (χ3n) is 2.41. The van der Waals surface area contributed by atoms with Gasteiger partial charge in [0.2, 0.25) is 0 Å². The van der Waals surface area contributed by atoms with E-state index in [1.54, 1.807) is 0 Å². The molecule has 0 saturated carbocycles. The number of aromatic nitrogens is 2. The van der Waals surface area contributed by atoms with Gasteiger partial charge in [-0.3, -0.25) is 4.57 Å². The monoisotopic (exact) mass is 218 g/mol. The maximum atomic E-state index is 13.0. The number of aliphatic hydroxyl groups is 3. The van der Waals surface area contributed by atoms with Crippen LogP contribution >= 0.6 is 0 Å². The van der Waals surface area contributed by atoms with Gasteiger partial charge in [0.05, 0.1) is 6.61 Å². The number of rotatable bonds is 2. The van der Waals surface area contributed by atoms with Gasteiger partial charge in [0.15, 0.2) is 6.23 Å². The van der Waals surface area contributed by atoms with Gasteiger partial charge in [-0.05, 0) is 0 Å². The molecule has 0 bridgehead atoms. The Hall–Kier alpha value is -1.02. The summed E-state index contributed by atoms with van der Waals surface area (Å²) >= 11 is 0. The van der Waals surface area contributed by atoms with E-state index in [1.807, 2.05) is 0 Å². The first-order valence-corrected chi connectivity index (χ1v) is 4.46. The molecule has 3 N–H and O–H groups in total. The van der Waals surface area contributed by atoms with Crippen LogP contribution in [0.4, 0.5) is 4.39 Å². The maximum absolute atomic E-state index is 13.0. The van der Waals surface area contributed by atoms with Crippen LogP contribution in [0, 0.1) is 6.08 Å². The summed E-state index contributed by atoms with van der Waals surface area (Å²) in [6.45, 7) is -0.439. The highest BCUT2D eigenvalue weighted by atomic mass is 19.1. The minimum absolute atomic E-state index is 0.439. The summed E-state index contributed by atoms with van der Waals surface area (Å²) in [7, 11) is 0. The van der Waals surface area contributed by atoms with Gasteiger partial charge >= 0.3 is 0 Å². The molecule has 1 aliphatic heterocycles. The lowest BCUT2D eigenvalue weighted by Gasteiger charge is -2.15. The normalized spacial score (nSPS) is 36.0. The van der Waals surface area contributed by atoms with E-state index >= 15 is 0 Å². The lowest BCUT2D eigenvalue weighted by atomic mass is 10.1. The van der Waals surface area contributed by atoms with Gasteiger partial charge in [-0.1, -0.05) is 0 Å². The van der Waals surface area contributed by atoms with Crippen molar-refractivity contribution in [2.75, 3.05) is 6.61 Å². The van der Waals surface area contributed by atoms with Gasteiger partial charge in [-0.25, -0.2) is 4.98 Å². The molecule has 0 aliphatic carbocycles. The van der Waals surface area contributed by atoms with E-state index in [9.17, 15) is 14.6 Å². The highest BCUT2D eigenvalue weighted by Crippen LogP contribution is 2.29. The quantitative estimate of drug-likeness (QED) is 0.570. The SMILES string of the molecule is OC[C@H]1OC(n2ccnc2F)[C@H](O)[C@@H]1O. The van der Waals surface area contributed by atoms with E-state index in [2.05, 4.69) is 4.98 Å². The van der Waals surface area contributed by atoms with Crippen LogP contribution in [0.1, 0.15) is 6.23 Å². The van der Waals surface area contributed by atoms with Crippen LogP contribution in [0.25, 0.3) is 0 Å². The molecule has 2 rings (SSSR count). The Balaban J connectivity index is 2.22. The molecular weight excluding hydrogens is 207 g/mol. The van der Waals surface area contributed by atoms with Crippen LogP contribution in [0.2, 0.25) is 0 Å². The van der Waals surface area contributed by atoms with Crippen LogP contribution in [-0.4, -0.2) is 49.8 Å². The predicted octanol–water partition coefficient (Wildman–Crippen LogP) is -1.37. The van der Waals surface area contributed by atoms with Gasteiger partial charge < -0.3 is 20.1 Å². The van der Waals surface area contributed by atoms with Crippen molar-refractivity contribution in [3.8, 4) is 0 Å². The van der Waals surface area contributed by atoms with Crippen molar-refractivity contribution >= 4 is 0 Å². The van der Waals surface area contributed by atoms with E-state index in [0.29, 0.717) is 0 Å². The van der Waals surface area contributed by atoms with Crippen molar-refractivity contribution in [1.29, 1.82) is 0 Å².